The van der Waals surface area contributed by atoms with Crippen LogP contribution in [-0.4, -0.2) is 37.6 Å². The molecule has 2 nitrogen and oxygen atoms in total. The first kappa shape index (κ1) is 13.6. The van der Waals surface area contributed by atoms with Crippen LogP contribution in [0, 0.1) is 0 Å². The third kappa shape index (κ3) is 4.11. The minimum absolute atomic E-state index is 1.14. The second-order valence-corrected chi connectivity index (χ2v) is 5.21. The fourth-order valence-corrected chi connectivity index (χ4v) is 2.60. The predicted molar refractivity (Wildman–Crippen MR) is 78.1 cm³/mol. The van der Waals surface area contributed by atoms with E-state index in [1.54, 1.807) is 11.1 Å². The third-order valence-electron chi connectivity index (χ3n) is 3.83. The fourth-order valence-electron chi connectivity index (χ4n) is 2.60. The Morgan fingerprint density at radius 2 is 1.72 bits per heavy atom. The van der Waals surface area contributed by atoms with Gasteiger partial charge < -0.3 is 10.2 Å². The molecule has 0 atom stereocenters. The lowest BCUT2D eigenvalue weighted by Gasteiger charge is -2.19. The van der Waals surface area contributed by atoms with Gasteiger partial charge in [0.2, 0.25) is 0 Å². The van der Waals surface area contributed by atoms with Gasteiger partial charge in [-0.2, -0.15) is 0 Å². The van der Waals surface area contributed by atoms with Gasteiger partial charge in [-0.25, -0.2) is 0 Å². The van der Waals surface area contributed by atoms with E-state index in [9.17, 15) is 0 Å². The maximum atomic E-state index is 3.53. The smallest absolute Gasteiger partial charge is 0.0107 e. The lowest BCUT2D eigenvalue weighted by atomic mass is 10.0. The average Bonchev–Trinajstić information content (AvgIpc) is 2.61. The van der Waals surface area contributed by atoms with Crippen molar-refractivity contribution in [3.8, 4) is 0 Å². The van der Waals surface area contributed by atoms with Crippen molar-refractivity contribution in [1.82, 2.24) is 10.2 Å². The van der Waals surface area contributed by atoms with Crippen LogP contribution >= 0.6 is 0 Å². The average molecular weight is 246 g/mol. The molecular weight excluding hydrogens is 220 g/mol. The van der Waals surface area contributed by atoms with Crippen molar-refractivity contribution in [3.63, 3.8) is 0 Å². The number of fused-ring (bicyclic) bond motifs is 1. The van der Waals surface area contributed by atoms with Crippen LogP contribution in [0.3, 0.4) is 0 Å². The monoisotopic (exact) mass is 246 g/mol. The quantitative estimate of drug-likeness (QED) is 0.776. The third-order valence-corrected chi connectivity index (χ3v) is 3.83. The molecule has 0 amide bonds. The zero-order valence-corrected chi connectivity index (χ0v) is 11.6. The Kier molecular flexibility index (Phi) is 5.69. The normalized spacial score (nSPS) is 16.3. The number of unbranched alkanes of at least 4 members (excludes halogenated alkanes) is 1. The number of hydrogen-bond acceptors (Lipinski definition) is 2. The zero-order chi connectivity index (χ0) is 12.6. The molecule has 1 aromatic rings. The van der Waals surface area contributed by atoms with Gasteiger partial charge in [0.25, 0.3) is 0 Å². The minimum atomic E-state index is 1.14. The highest BCUT2D eigenvalue weighted by Gasteiger charge is 2.12. The van der Waals surface area contributed by atoms with Gasteiger partial charge in [-0.3, -0.25) is 0 Å². The Balaban J connectivity index is 1.71. The highest BCUT2D eigenvalue weighted by molar-refractivity contribution is 5.28. The van der Waals surface area contributed by atoms with Crippen LogP contribution in [0.1, 0.15) is 30.9 Å². The molecule has 0 unspecified atom stereocenters. The van der Waals surface area contributed by atoms with Gasteiger partial charge in [-0.1, -0.05) is 37.6 Å². The molecule has 0 aliphatic carbocycles. The van der Waals surface area contributed by atoms with Crippen molar-refractivity contribution in [3.05, 3.63) is 35.4 Å². The molecule has 0 spiro atoms. The Bertz CT molecular complexity index is 322. The lowest BCUT2D eigenvalue weighted by molar-refractivity contribution is 0.286. The molecule has 0 saturated heterocycles. The summed E-state index contributed by atoms with van der Waals surface area (Å²) in [6.07, 6.45) is 5.01. The molecule has 0 saturated carbocycles. The fraction of sp³-hybridized carbons (Fsp3) is 0.625. The van der Waals surface area contributed by atoms with Gasteiger partial charge in [0.05, 0.1) is 0 Å². The topological polar surface area (TPSA) is 15.3 Å². The van der Waals surface area contributed by atoms with E-state index in [1.807, 2.05) is 0 Å². The van der Waals surface area contributed by atoms with Crippen LogP contribution in [0.5, 0.6) is 0 Å². The van der Waals surface area contributed by atoms with Gasteiger partial charge >= 0.3 is 0 Å². The van der Waals surface area contributed by atoms with Crippen LogP contribution in [-0.2, 0) is 12.8 Å². The van der Waals surface area contributed by atoms with Crippen molar-refractivity contribution < 1.29 is 0 Å². The van der Waals surface area contributed by atoms with Gasteiger partial charge in [0.15, 0.2) is 0 Å². The number of benzene rings is 1. The molecule has 1 aromatic carbocycles. The summed E-state index contributed by atoms with van der Waals surface area (Å²) < 4.78 is 0. The van der Waals surface area contributed by atoms with E-state index in [-0.39, 0.29) is 0 Å². The van der Waals surface area contributed by atoms with Crippen LogP contribution < -0.4 is 5.32 Å². The Hall–Kier alpha value is -0.860. The van der Waals surface area contributed by atoms with Crippen LogP contribution in [0.15, 0.2) is 24.3 Å². The molecular formula is C16H26N2. The first-order valence-corrected chi connectivity index (χ1v) is 7.40. The molecule has 1 aliphatic heterocycles. The molecule has 1 aliphatic rings. The van der Waals surface area contributed by atoms with E-state index in [0.717, 1.165) is 6.54 Å². The van der Waals surface area contributed by atoms with Crippen molar-refractivity contribution in [2.45, 2.75) is 32.6 Å². The van der Waals surface area contributed by atoms with E-state index < -0.39 is 0 Å². The summed E-state index contributed by atoms with van der Waals surface area (Å²) in [6, 6.07) is 8.91. The summed E-state index contributed by atoms with van der Waals surface area (Å²) >= 11 is 0. The van der Waals surface area contributed by atoms with E-state index in [0.29, 0.717) is 0 Å². The predicted octanol–water partition coefficient (Wildman–Crippen LogP) is 2.48. The standard InChI is InChI=1S/C16H26N2/c1-2-3-10-17-11-14-18-12-8-15-6-4-5-7-16(15)9-13-18/h4-7,17H,2-3,8-14H2,1H3. The first-order valence-electron chi connectivity index (χ1n) is 7.40. The number of nitrogens with one attached hydrogen (secondary N) is 1. The van der Waals surface area contributed by atoms with Gasteiger partial charge in [-0.05, 0) is 36.9 Å². The van der Waals surface area contributed by atoms with E-state index in [4.69, 9.17) is 0 Å². The van der Waals surface area contributed by atoms with Crippen LogP contribution in [0.2, 0.25) is 0 Å². The van der Waals surface area contributed by atoms with E-state index in [2.05, 4.69) is 41.4 Å². The summed E-state index contributed by atoms with van der Waals surface area (Å²) in [5, 5.41) is 3.53. The molecule has 2 heteroatoms. The Labute approximate surface area is 111 Å². The van der Waals surface area contributed by atoms with Gasteiger partial charge in [-0.15, -0.1) is 0 Å². The maximum Gasteiger partial charge on any atom is 0.0107 e. The Morgan fingerprint density at radius 1 is 1.06 bits per heavy atom. The lowest BCUT2D eigenvalue weighted by Crippen LogP contribution is -2.34. The summed E-state index contributed by atoms with van der Waals surface area (Å²) in [5.74, 6) is 0. The van der Waals surface area contributed by atoms with Crippen molar-refractivity contribution in [2.24, 2.45) is 0 Å². The SMILES string of the molecule is CCCCNCCN1CCc2ccccc2CC1. The number of hydrogen-bond donors (Lipinski definition) is 1. The zero-order valence-electron chi connectivity index (χ0n) is 11.6. The highest BCUT2D eigenvalue weighted by Crippen LogP contribution is 2.14. The van der Waals surface area contributed by atoms with Gasteiger partial charge in [0.1, 0.15) is 0 Å². The number of nitrogens with zero attached hydrogens (tertiary/aromatic N) is 1. The molecule has 1 heterocycles. The minimum Gasteiger partial charge on any atom is -0.315 e. The van der Waals surface area contributed by atoms with Crippen molar-refractivity contribution >= 4 is 0 Å². The second-order valence-electron chi connectivity index (χ2n) is 5.21. The summed E-state index contributed by atoms with van der Waals surface area (Å²) in [7, 11) is 0. The first-order chi connectivity index (χ1) is 8.90. The maximum absolute atomic E-state index is 3.53. The summed E-state index contributed by atoms with van der Waals surface area (Å²) in [6.45, 7) is 8.17. The molecule has 2 rings (SSSR count). The molecule has 18 heavy (non-hydrogen) atoms. The van der Waals surface area contributed by atoms with Crippen molar-refractivity contribution in [1.29, 1.82) is 0 Å². The summed E-state index contributed by atoms with van der Waals surface area (Å²) in [5.41, 5.74) is 3.11. The summed E-state index contributed by atoms with van der Waals surface area (Å²) in [4.78, 5) is 2.60. The molecule has 1 N–H and O–H groups in total. The largest absolute Gasteiger partial charge is 0.315 e. The second kappa shape index (κ2) is 7.55. The van der Waals surface area contributed by atoms with Crippen LogP contribution in [0.25, 0.3) is 0 Å². The molecule has 0 radical (unpaired) electrons. The van der Waals surface area contributed by atoms with Crippen LogP contribution in [0.4, 0.5) is 0 Å². The molecule has 0 bridgehead atoms. The van der Waals surface area contributed by atoms with Gasteiger partial charge in [0, 0.05) is 26.2 Å². The Morgan fingerprint density at radius 3 is 2.33 bits per heavy atom. The van der Waals surface area contributed by atoms with Crippen molar-refractivity contribution in [2.75, 3.05) is 32.7 Å². The molecule has 100 valence electrons. The highest BCUT2D eigenvalue weighted by atomic mass is 15.1. The molecule has 0 aromatic heterocycles. The number of rotatable bonds is 6. The van der Waals surface area contributed by atoms with E-state index in [1.165, 1.54) is 51.9 Å². The molecule has 0 fully saturated rings. The van der Waals surface area contributed by atoms with E-state index >= 15 is 0 Å².